The van der Waals surface area contributed by atoms with Crippen molar-refractivity contribution < 1.29 is 4.79 Å². The normalized spacial score (nSPS) is 16.0. The number of amides is 1. The molecule has 5 aromatic rings. The van der Waals surface area contributed by atoms with Crippen LogP contribution in [0.3, 0.4) is 0 Å². The predicted octanol–water partition coefficient (Wildman–Crippen LogP) is 4.46. The number of rotatable bonds is 4. The van der Waals surface area contributed by atoms with Crippen molar-refractivity contribution in [2.24, 2.45) is 7.05 Å². The maximum absolute atomic E-state index is 14.0. The smallest absolute Gasteiger partial charge is 0.296 e. The summed E-state index contributed by atoms with van der Waals surface area (Å²) in [5.74, 6) is 0.0619. The molecule has 0 spiro atoms. The number of nitrogens with zero attached hydrogens (tertiary/aromatic N) is 6. The van der Waals surface area contributed by atoms with Gasteiger partial charge in [0.05, 0.1) is 21.8 Å². The molecule has 0 unspecified atom stereocenters. The van der Waals surface area contributed by atoms with E-state index >= 15 is 0 Å². The summed E-state index contributed by atoms with van der Waals surface area (Å²) in [5, 5.41) is 0. The van der Waals surface area contributed by atoms with E-state index in [1.807, 2.05) is 48.5 Å². The Morgan fingerprint density at radius 2 is 1.63 bits per heavy atom. The first kappa shape index (κ1) is 27.1. The van der Waals surface area contributed by atoms with Gasteiger partial charge in [0.25, 0.3) is 17.0 Å². The number of carbonyl (C=O) groups excluding carboxylic acids is 1. The number of para-hydroxylation sites is 1. The number of benzene rings is 2. The standard InChI is InChI=1S/C32H26N6O3S2/c1-20-27(31(41)38(34(20)2)23-12-4-3-5-13-23)37-30(40)25(43-32(37)42)18-24-28(33-26-14-8-9-16-36(26)29(24)39)35-17-15-21-10-6-7-11-22(21)19-35/h3-14,16,18H,15,17,19H2,1-2H3/b25-18+. The monoisotopic (exact) mass is 606 g/mol. The van der Waals surface area contributed by atoms with Crippen LogP contribution in [0, 0.1) is 6.92 Å². The lowest BCUT2D eigenvalue weighted by atomic mass is 9.99. The molecule has 3 aromatic heterocycles. The number of thiocarbonyl (C=S) groups is 1. The summed E-state index contributed by atoms with van der Waals surface area (Å²) in [7, 11) is 1.77. The molecule has 0 radical (unpaired) electrons. The molecule has 43 heavy (non-hydrogen) atoms. The Morgan fingerprint density at radius 3 is 2.42 bits per heavy atom. The Kier molecular flexibility index (Phi) is 6.63. The highest BCUT2D eigenvalue weighted by atomic mass is 32.2. The van der Waals surface area contributed by atoms with Crippen LogP contribution in [-0.2, 0) is 24.8 Å². The molecule has 0 aliphatic carbocycles. The molecular formula is C32H26N6O3S2. The Bertz CT molecular complexity index is 2110. The summed E-state index contributed by atoms with van der Waals surface area (Å²) >= 11 is 6.73. The Balaban J connectivity index is 1.33. The van der Waals surface area contributed by atoms with Crippen LogP contribution in [0.15, 0.2) is 93.5 Å². The maximum atomic E-state index is 14.0. The van der Waals surface area contributed by atoms with E-state index in [4.69, 9.17) is 17.2 Å². The average molecular weight is 607 g/mol. The largest absolute Gasteiger partial charge is 0.351 e. The molecule has 9 nitrogen and oxygen atoms in total. The van der Waals surface area contributed by atoms with Gasteiger partial charge in [-0.1, -0.05) is 72.5 Å². The third-order valence-corrected chi connectivity index (χ3v) is 9.30. The summed E-state index contributed by atoms with van der Waals surface area (Å²) in [6, 6.07) is 22.9. The third-order valence-electron chi connectivity index (χ3n) is 8.00. The van der Waals surface area contributed by atoms with Crippen molar-refractivity contribution >= 4 is 57.4 Å². The highest BCUT2D eigenvalue weighted by Crippen LogP contribution is 2.37. The van der Waals surface area contributed by atoms with E-state index in [2.05, 4.69) is 17.0 Å². The fourth-order valence-corrected chi connectivity index (χ4v) is 6.99. The van der Waals surface area contributed by atoms with Gasteiger partial charge in [0.1, 0.15) is 17.2 Å². The van der Waals surface area contributed by atoms with Gasteiger partial charge in [0, 0.05) is 26.3 Å². The summed E-state index contributed by atoms with van der Waals surface area (Å²) in [4.78, 5) is 50.1. The summed E-state index contributed by atoms with van der Waals surface area (Å²) in [5.41, 5.74) is 4.09. The lowest BCUT2D eigenvalue weighted by Gasteiger charge is -2.30. The highest BCUT2D eigenvalue weighted by molar-refractivity contribution is 8.27. The fraction of sp³-hybridized carbons (Fsp3) is 0.156. The van der Waals surface area contributed by atoms with Crippen molar-refractivity contribution in [1.29, 1.82) is 0 Å². The number of pyridine rings is 1. The Labute approximate surface area is 256 Å². The van der Waals surface area contributed by atoms with Crippen LogP contribution in [0.2, 0.25) is 0 Å². The topological polar surface area (TPSA) is 84.9 Å². The first-order chi connectivity index (χ1) is 20.8. The SMILES string of the molecule is Cc1c(N2C(=O)/C(=C\c3c(N4CCc5ccccc5C4)nc4ccccn4c3=O)SC2=S)c(=O)n(-c2ccccc2)n1C. The maximum Gasteiger partial charge on any atom is 0.296 e. The number of hydrogen-bond donors (Lipinski definition) is 0. The van der Waals surface area contributed by atoms with Gasteiger partial charge in [-0.15, -0.1) is 0 Å². The molecule has 1 fully saturated rings. The van der Waals surface area contributed by atoms with Crippen LogP contribution in [0.25, 0.3) is 17.4 Å². The van der Waals surface area contributed by atoms with Crippen LogP contribution < -0.4 is 20.9 Å². The third kappa shape index (κ3) is 4.43. The molecule has 7 rings (SSSR count). The van der Waals surface area contributed by atoms with Crippen LogP contribution in [-0.4, -0.2) is 35.5 Å². The predicted molar refractivity (Wildman–Crippen MR) is 174 cm³/mol. The first-order valence-electron chi connectivity index (χ1n) is 13.8. The minimum absolute atomic E-state index is 0.193. The van der Waals surface area contributed by atoms with Crippen LogP contribution in [0.1, 0.15) is 22.4 Å². The van der Waals surface area contributed by atoms with Crippen molar-refractivity contribution in [2.45, 2.75) is 19.9 Å². The van der Waals surface area contributed by atoms with Crippen LogP contribution in [0.4, 0.5) is 11.5 Å². The van der Waals surface area contributed by atoms with Gasteiger partial charge in [-0.25, -0.2) is 9.67 Å². The lowest BCUT2D eigenvalue weighted by Crippen LogP contribution is -2.34. The van der Waals surface area contributed by atoms with E-state index in [1.54, 1.807) is 43.1 Å². The first-order valence-corrected chi connectivity index (χ1v) is 15.0. The van der Waals surface area contributed by atoms with Crippen molar-refractivity contribution in [3.8, 4) is 5.69 Å². The molecule has 0 bridgehead atoms. The second-order valence-corrected chi connectivity index (χ2v) is 12.1. The van der Waals surface area contributed by atoms with Gasteiger partial charge in [-0.3, -0.25) is 28.4 Å². The molecule has 2 aromatic carbocycles. The van der Waals surface area contributed by atoms with Crippen molar-refractivity contribution in [1.82, 2.24) is 18.7 Å². The summed E-state index contributed by atoms with van der Waals surface area (Å²) in [6.45, 7) is 3.05. The number of anilines is 2. The Morgan fingerprint density at radius 1 is 0.907 bits per heavy atom. The number of hydrogen-bond acceptors (Lipinski definition) is 7. The number of carbonyl (C=O) groups is 1. The van der Waals surface area contributed by atoms with Crippen LogP contribution in [0.5, 0.6) is 0 Å². The second-order valence-electron chi connectivity index (χ2n) is 10.5. The van der Waals surface area contributed by atoms with Gasteiger partial charge >= 0.3 is 0 Å². The zero-order valence-electron chi connectivity index (χ0n) is 23.4. The molecule has 1 amide bonds. The Hall–Kier alpha value is -4.74. The molecular weight excluding hydrogens is 581 g/mol. The molecule has 214 valence electrons. The van der Waals surface area contributed by atoms with Crippen molar-refractivity contribution in [3.05, 3.63) is 127 Å². The summed E-state index contributed by atoms with van der Waals surface area (Å²) < 4.78 is 4.93. The highest BCUT2D eigenvalue weighted by Gasteiger charge is 2.38. The second kappa shape index (κ2) is 10.5. The van der Waals surface area contributed by atoms with Crippen LogP contribution >= 0.6 is 24.0 Å². The number of aromatic nitrogens is 4. The summed E-state index contributed by atoms with van der Waals surface area (Å²) in [6.07, 6.45) is 4.06. The molecule has 2 aliphatic rings. The molecule has 0 saturated carbocycles. The molecule has 11 heteroatoms. The zero-order valence-corrected chi connectivity index (χ0v) is 25.1. The van der Waals surface area contributed by atoms with Crippen molar-refractivity contribution in [3.63, 3.8) is 0 Å². The average Bonchev–Trinajstić information content (AvgIpc) is 3.42. The van der Waals surface area contributed by atoms with Gasteiger partial charge < -0.3 is 4.90 Å². The molecule has 2 aliphatic heterocycles. The van der Waals surface area contributed by atoms with Gasteiger partial charge in [-0.05, 0) is 54.8 Å². The van der Waals surface area contributed by atoms with Gasteiger partial charge in [-0.2, -0.15) is 0 Å². The minimum Gasteiger partial charge on any atom is -0.351 e. The van der Waals surface area contributed by atoms with E-state index in [0.29, 0.717) is 41.5 Å². The molecule has 0 atom stereocenters. The van der Waals surface area contributed by atoms with E-state index in [0.717, 1.165) is 18.2 Å². The van der Waals surface area contributed by atoms with E-state index < -0.39 is 5.91 Å². The fourth-order valence-electron chi connectivity index (χ4n) is 5.74. The zero-order chi connectivity index (χ0) is 29.8. The van der Waals surface area contributed by atoms with E-state index in [1.165, 1.54) is 25.1 Å². The quantitative estimate of drug-likeness (QED) is 0.221. The minimum atomic E-state index is -0.450. The van der Waals surface area contributed by atoms with Gasteiger partial charge in [0.15, 0.2) is 4.32 Å². The van der Waals surface area contributed by atoms with E-state index in [-0.39, 0.29) is 26.0 Å². The molecule has 5 heterocycles. The number of thioether (sulfide) groups is 1. The molecule has 1 saturated heterocycles. The van der Waals surface area contributed by atoms with E-state index in [9.17, 15) is 14.4 Å². The molecule has 0 N–H and O–H groups in total. The van der Waals surface area contributed by atoms with Crippen molar-refractivity contribution in [2.75, 3.05) is 16.3 Å². The van der Waals surface area contributed by atoms with Gasteiger partial charge in [0.2, 0.25) is 0 Å². The lowest BCUT2D eigenvalue weighted by molar-refractivity contribution is -0.113. The number of fused-ring (bicyclic) bond motifs is 2.